The van der Waals surface area contributed by atoms with Crippen LogP contribution in [0.3, 0.4) is 0 Å². The lowest BCUT2D eigenvalue weighted by Crippen LogP contribution is -2.39. The molecule has 4 N–H and O–H groups in total. The standard InChI is InChI=1S/C18H25N5/c19-18(22-15-10-6-1-2-7-11-15)21-13-17-20-12-16(23-17)14-8-4-3-5-9-14/h3-5,8-9,12,15H,1-2,6-7,10-11,13H2,(H,20,23)(H3,19,21,22). The molecule has 0 radical (unpaired) electrons. The Bertz CT molecular complexity index is 624. The zero-order valence-electron chi connectivity index (χ0n) is 13.5. The molecule has 1 heterocycles. The molecule has 0 aliphatic heterocycles. The maximum Gasteiger partial charge on any atom is 0.189 e. The van der Waals surface area contributed by atoms with Gasteiger partial charge in [-0.15, -0.1) is 0 Å². The first-order valence-corrected chi connectivity index (χ1v) is 8.47. The Hall–Kier alpha value is -2.30. The van der Waals surface area contributed by atoms with Gasteiger partial charge in [-0.2, -0.15) is 0 Å². The molecule has 0 spiro atoms. The van der Waals surface area contributed by atoms with Crippen LogP contribution in [-0.4, -0.2) is 22.0 Å². The molecule has 1 aromatic heterocycles. The summed E-state index contributed by atoms with van der Waals surface area (Å²) in [5, 5.41) is 3.35. The first-order valence-electron chi connectivity index (χ1n) is 8.47. The third-order valence-corrected chi connectivity index (χ3v) is 4.32. The zero-order chi connectivity index (χ0) is 15.9. The van der Waals surface area contributed by atoms with E-state index in [1.165, 1.54) is 38.5 Å². The Morgan fingerprint density at radius 2 is 1.91 bits per heavy atom. The molecule has 1 aliphatic rings. The second-order valence-corrected chi connectivity index (χ2v) is 6.14. The van der Waals surface area contributed by atoms with Gasteiger partial charge in [-0.25, -0.2) is 9.98 Å². The summed E-state index contributed by atoms with van der Waals surface area (Å²) in [6, 6.07) is 10.6. The van der Waals surface area contributed by atoms with Crippen LogP contribution in [0, 0.1) is 0 Å². The number of aromatic amines is 1. The fourth-order valence-electron chi connectivity index (χ4n) is 3.05. The second-order valence-electron chi connectivity index (χ2n) is 6.14. The molecule has 1 saturated carbocycles. The molecule has 0 bridgehead atoms. The summed E-state index contributed by atoms with van der Waals surface area (Å²) < 4.78 is 0. The molecule has 5 nitrogen and oxygen atoms in total. The number of hydrogen-bond donors (Lipinski definition) is 3. The fourth-order valence-corrected chi connectivity index (χ4v) is 3.05. The molecule has 0 amide bonds. The van der Waals surface area contributed by atoms with Gasteiger partial charge < -0.3 is 16.0 Å². The Morgan fingerprint density at radius 3 is 2.65 bits per heavy atom. The summed E-state index contributed by atoms with van der Waals surface area (Å²) in [7, 11) is 0. The van der Waals surface area contributed by atoms with E-state index in [4.69, 9.17) is 5.73 Å². The van der Waals surface area contributed by atoms with Crippen molar-refractivity contribution in [3.63, 3.8) is 0 Å². The number of hydrogen-bond acceptors (Lipinski definition) is 2. The van der Waals surface area contributed by atoms with Crippen LogP contribution in [0.2, 0.25) is 0 Å². The molecule has 1 fully saturated rings. The van der Waals surface area contributed by atoms with Crippen molar-refractivity contribution in [2.75, 3.05) is 0 Å². The Kier molecular flexibility index (Phi) is 5.29. The average molecular weight is 311 g/mol. The van der Waals surface area contributed by atoms with Gasteiger partial charge >= 0.3 is 0 Å². The predicted octanol–water partition coefficient (Wildman–Crippen LogP) is 3.20. The van der Waals surface area contributed by atoms with Crippen LogP contribution in [-0.2, 0) is 6.54 Å². The SMILES string of the molecule is NC(=NCc1ncc(-c2ccccc2)[nH]1)NC1CCCCCC1. The lowest BCUT2D eigenvalue weighted by molar-refractivity contribution is 0.530. The number of guanidine groups is 1. The van der Waals surface area contributed by atoms with Gasteiger partial charge in [0.2, 0.25) is 0 Å². The van der Waals surface area contributed by atoms with E-state index in [1.54, 1.807) is 0 Å². The third-order valence-electron chi connectivity index (χ3n) is 4.32. The highest BCUT2D eigenvalue weighted by Gasteiger charge is 2.12. The van der Waals surface area contributed by atoms with Gasteiger partial charge in [0.05, 0.1) is 11.9 Å². The number of benzene rings is 1. The minimum atomic E-state index is 0.470. The topological polar surface area (TPSA) is 79.1 Å². The third kappa shape index (κ3) is 4.58. The van der Waals surface area contributed by atoms with E-state index < -0.39 is 0 Å². The summed E-state index contributed by atoms with van der Waals surface area (Å²) >= 11 is 0. The molecule has 3 rings (SSSR count). The van der Waals surface area contributed by atoms with Crippen molar-refractivity contribution < 1.29 is 0 Å². The molecular formula is C18H25N5. The van der Waals surface area contributed by atoms with Crippen molar-refractivity contribution in [1.82, 2.24) is 15.3 Å². The van der Waals surface area contributed by atoms with E-state index in [9.17, 15) is 0 Å². The molecule has 1 aromatic carbocycles. The molecular weight excluding hydrogens is 286 g/mol. The van der Waals surface area contributed by atoms with Gasteiger partial charge in [0.1, 0.15) is 12.4 Å². The molecule has 0 saturated heterocycles. The molecule has 1 aliphatic carbocycles. The van der Waals surface area contributed by atoms with Crippen LogP contribution in [0.5, 0.6) is 0 Å². The summed E-state index contributed by atoms with van der Waals surface area (Å²) in [5.41, 5.74) is 8.15. The van der Waals surface area contributed by atoms with Crippen LogP contribution in [0.4, 0.5) is 0 Å². The fraction of sp³-hybridized carbons (Fsp3) is 0.444. The largest absolute Gasteiger partial charge is 0.370 e. The molecule has 0 unspecified atom stereocenters. The number of nitrogens with one attached hydrogen (secondary N) is 2. The summed E-state index contributed by atoms with van der Waals surface area (Å²) in [6.45, 7) is 0.471. The van der Waals surface area contributed by atoms with Crippen molar-refractivity contribution >= 4 is 5.96 Å². The van der Waals surface area contributed by atoms with Crippen molar-refractivity contribution in [1.29, 1.82) is 0 Å². The Morgan fingerprint density at radius 1 is 1.17 bits per heavy atom. The van der Waals surface area contributed by atoms with E-state index in [-0.39, 0.29) is 0 Å². The highest BCUT2D eigenvalue weighted by Crippen LogP contribution is 2.17. The number of H-pyrrole nitrogens is 1. The molecule has 122 valence electrons. The van der Waals surface area contributed by atoms with E-state index in [2.05, 4.69) is 32.4 Å². The highest BCUT2D eigenvalue weighted by molar-refractivity contribution is 5.78. The predicted molar refractivity (Wildman–Crippen MR) is 94.0 cm³/mol. The average Bonchev–Trinajstić information content (AvgIpc) is 2.91. The molecule has 23 heavy (non-hydrogen) atoms. The van der Waals surface area contributed by atoms with Gasteiger partial charge in [-0.3, -0.25) is 0 Å². The summed E-state index contributed by atoms with van der Waals surface area (Å²) in [5.74, 6) is 1.35. The van der Waals surface area contributed by atoms with Gasteiger partial charge in [-0.1, -0.05) is 56.0 Å². The zero-order valence-corrected chi connectivity index (χ0v) is 13.5. The van der Waals surface area contributed by atoms with Crippen LogP contribution in [0.15, 0.2) is 41.5 Å². The molecule has 0 atom stereocenters. The number of rotatable bonds is 4. The maximum atomic E-state index is 6.02. The summed E-state index contributed by atoms with van der Waals surface area (Å²) in [4.78, 5) is 12.1. The van der Waals surface area contributed by atoms with E-state index >= 15 is 0 Å². The minimum Gasteiger partial charge on any atom is -0.370 e. The highest BCUT2D eigenvalue weighted by atomic mass is 15.1. The minimum absolute atomic E-state index is 0.470. The number of aromatic nitrogens is 2. The first kappa shape index (κ1) is 15.6. The van der Waals surface area contributed by atoms with Crippen molar-refractivity contribution in [3.8, 4) is 11.3 Å². The van der Waals surface area contributed by atoms with Gasteiger partial charge in [0.25, 0.3) is 0 Å². The van der Waals surface area contributed by atoms with E-state index in [0.29, 0.717) is 18.5 Å². The van der Waals surface area contributed by atoms with E-state index in [1.807, 2.05) is 24.4 Å². The maximum absolute atomic E-state index is 6.02. The number of aliphatic imine (C=N–C) groups is 1. The lowest BCUT2D eigenvalue weighted by Gasteiger charge is -2.16. The van der Waals surface area contributed by atoms with Crippen LogP contribution < -0.4 is 11.1 Å². The Labute approximate surface area is 137 Å². The number of nitrogens with zero attached hydrogens (tertiary/aromatic N) is 2. The smallest absolute Gasteiger partial charge is 0.189 e. The second kappa shape index (κ2) is 7.81. The number of imidazole rings is 1. The van der Waals surface area contributed by atoms with Crippen LogP contribution >= 0.6 is 0 Å². The number of nitrogens with two attached hydrogens (primary N) is 1. The van der Waals surface area contributed by atoms with Crippen LogP contribution in [0.25, 0.3) is 11.3 Å². The first-order chi connectivity index (χ1) is 11.3. The van der Waals surface area contributed by atoms with Crippen LogP contribution in [0.1, 0.15) is 44.3 Å². The van der Waals surface area contributed by atoms with Gasteiger partial charge in [-0.05, 0) is 18.4 Å². The Balaban J connectivity index is 1.55. The van der Waals surface area contributed by atoms with E-state index in [0.717, 1.165) is 17.1 Å². The van der Waals surface area contributed by atoms with Crippen molar-refractivity contribution in [3.05, 3.63) is 42.4 Å². The normalized spacial score (nSPS) is 17.0. The van der Waals surface area contributed by atoms with Gasteiger partial charge in [0.15, 0.2) is 5.96 Å². The molecule has 2 aromatic rings. The van der Waals surface area contributed by atoms with Crippen molar-refractivity contribution in [2.45, 2.75) is 51.1 Å². The quantitative estimate of drug-likeness (QED) is 0.461. The molecule has 5 heteroatoms. The monoisotopic (exact) mass is 311 g/mol. The summed E-state index contributed by atoms with van der Waals surface area (Å²) in [6.07, 6.45) is 9.46. The van der Waals surface area contributed by atoms with Crippen molar-refractivity contribution in [2.24, 2.45) is 10.7 Å². The van der Waals surface area contributed by atoms with Gasteiger partial charge in [0, 0.05) is 6.04 Å². The lowest BCUT2D eigenvalue weighted by atomic mass is 10.1.